The van der Waals surface area contributed by atoms with Gasteiger partial charge in [0.25, 0.3) is 11.8 Å². The number of phenols is 1. The van der Waals surface area contributed by atoms with Crippen molar-refractivity contribution in [2.24, 2.45) is 0 Å². The molecule has 29 heavy (non-hydrogen) atoms. The zero-order valence-corrected chi connectivity index (χ0v) is 16.5. The summed E-state index contributed by atoms with van der Waals surface area (Å²) in [7, 11) is 0. The van der Waals surface area contributed by atoms with Crippen molar-refractivity contribution in [3.63, 3.8) is 0 Å². The molecule has 4 N–H and O–H groups in total. The number of thioether (sulfide) groups is 1. The van der Waals surface area contributed by atoms with E-state index in [4.69, 9.17) is 5.11 Å². The smallest absolute Gasteiger partial charge is 0.267 e. The maximum atomic E-state index is 12.5. The largest absolute Gasteiger partial charge is 0.507 e. The second-order valence-corrected chi connectivity index (χ2v) is 7.05. The molecule has 2 aromatic carbocycles. The number of hydrogen-bond acceptors (Lipinski definition) is 5. The Kier molecular flexibility index (Phi) is 8.27. The van der Waals surface area contributed by atoms with Gasteiger partial charge in [-0.15, -0.1) is 0 Å². The van der Waals surface area contributed by atoms with Crippen LogP contribution in [0.15, 0.2) is 83.3 Å². The van der Waals surface area contributed by atoms with Crippen LogP contribution in [0.3, 0.4) is 0 Å². The lowest BCUT2D eigenvalue weighted by molar-refractivity contribution is -0.117. The van der Waals surface area contributed by atoms with Crippen molar-refractivity contribution in [2.75, 3.05) is 13.2 Å². The molecule has 2 aromatic rings. The van der Waals surface area contributed by atoms with Gasteiger partial charge in [-0.1, -0.05) is 55.3 Å². The normalized spacial score (nSPS) is 10.9. The lowest BCUT2D eigenvalue weighted by Crippen LogP contribution is -2.36. The second-order valence-electron chi connectivity index (χ2n) is 5.85. The van der Waals surface area contributed by atoms with Crippen LogP contribution >= 0.6 is 11.8 Å². The van der Waals surface area contributed by atoms with Crippen molar-refractivity contribution >= 4 is 29.7 Å². The van der Waals surface area contributed by atoms with Crippen LogP contribution in [-0.2, 0) is 4.79 Å². The Labute approximate surface area is 173 Å². The van der Waals surface area contributed by atoms with Gasteiger partial charge in [-0.2, -0.15) is 0 Å². The number of benzene rings is 2. The first-order valence-electron chi connectivity index (χ1n) is 8.74. The van der Waals surface area contributed by atoms with Crippen LogP contribution in [0.1, 0.15) is 15.9 Å². The molecule has 0 atom stereocenters. The Bertz CT molecular complexity index is 936. The highest BCUT2D eigenvalue weighted by molar-refractivity contribution is 8.03. The third kappa shape index (κ3) is 6.67. The fraction of sp³-hybridized carbons (Fsp3) is 0.0909. The highest BCUT2D eigenvalue weighted by Gasteiger charge is 2.16. The molecule has 150 valence electrons. The van der Waals surface area contributed by atoms with Crippen LogP contribution in [-0.4, -0.2) is 35.2 Å². The molecule has 0 aliphatic heterocycles. The van der Waals surface area contributed by atoms with Crippen molar-refractivity contribution in [2.45, 2.75) is 4.90 Å². The van der Waals surface area contributed by atoms with Gasteiger partial charge >= 0.3 is 0 Å². The quantitative estimate of drug-likeness (QED) is 0.289. The molecule has 2 rings (SSSR count). The van der Waals surface area contributed by atoms with Gasteiger partial charge in [0, 0.05) is 16.3 Å². The van der Waals surface area contributed by atoms with Gasteiger partial charge in [0.2, 0.25) is 0 Å². The summed E-state index contributed by atoms with van der Waals surface area (Å²) >= 11 is 1.46. The summed E-state index contributed by atoms with van der Waals surface area (Å²) in [6.07, 6.45) is 3.18. The third-order valence-electron chi connectivity index (χ3n) is 3.71. The van der Waals surface area contributed by atoms with Crippen molar-refractivity contribution in [3.8, 4) is 5.75 Å². The summed E-state index contributed by atoms with van der Waals surface area (Å²) in [6.45, 7) is 7.33. The van der Waals surface area contributed by atoms with E-state index in [1.165, 1.54) is 30.0 Å². The molecule has 6 nitrogen and oxygen atoms in total. The van der Waals surface area contributed by atoms with Crippen LogP contribution in [0.2, 0.25) is 0 Å². The number of nitrogens with one attached hydrogen (secondary N) is 2. The molecule has 0 unspecified atom stereocenters. The number of carbonyl (C=O) groups is 2. The van der Waals surface area contributed by atoms with E-state index in [1.807, 2.05) is 12.1 Å². The summed E-state index contributed by atoms with van der Waals surface area (Å²) in [4.78, 5) is 26.7. The molecular formula is C22H22N2O4S. The highest BCUT2D eigenvalue weighted by atomic mass is 32.2. The standard InChI is InChI=1S/C22H22N2O4S/c1-3-15(2)29-17-10-8-16(9-11-17)14-19(22(28)23-12-13-25)24-21(27)18-6-4-5-7-20(18)26/h3-11,14,25-26H,1-2,12-13H2,(H,23,28)(H,24,27). The third-order valence-corrected chi connectivity index (χ3v) is 4.64. The topological polar surface area (TPSA) is 98.7 Å². The predicted octanol–water partition coefficient (Wildman–Crippen LogP) is 3.06. The van der Waals surface area contributed by atoms with Crippen molar-refractivity contribution in [1.29, 1.82) is 0 Å². The average molecular weight is 410 g/mol. The van der Waals surface area contributed by atoms with E-state index in [1.54, 1.807) is 30.3 Å². The summed E-state index contributed by atoms with van der Waals surface area (Å²) < 4.78 is 0. The molecule has 7 heteroatoms. The van der Waals surface area contributed by atoms with Crippen LogP contribution in [0.25, 0.3) is 6.08 Å². The van der Waals surface area contributed by atoms with E-state index in [2.05, 4.69) is 23.8 Å². The van der Waals surface area contributed by atoms with Gasteiger partial charge in [-0.3, -0.25) is 9.59 Å². The molecule has 0 aliphatic carbocycles. The predicted molar refractivity (Wildman–Crippen MR) is 115 cm³/mol. The minimum atomic E-state index is -0.622. The van der Waals surface area contributed by atoms with Crippen LogP contribution < -0.4 is 10.6 Å². The molecule has 0 aliphatic rings. The minimum absolute atomic E-state index is 0.0115. The number of allylic oxidation sites excluding steroid dienone is 1. The first-order chi connectivity index (χ1) is 13.9. The Morgan fingerprint density at radius 1 is 1.10 bits per heavy atom. The summed E-state index contributed by atoms with van der Waals surface area (Å²) in [5.74, 6) is -1.37. The number of carbonyl (C=O) groups excluding carboxylic acids is 2. The molecule has 0 spiro atoms. The maximum Gasteiger partial charge on any atom is 0.267 e. The lowest BCUT2D eigenvalue weighted by atomic mass is 10.1. The minimum Gasteiger partial charge on any atom is -0.507 e. The molecule has 0 bridgehead atoms. The Balaban J connectivity index is 2.26. The zero-order chi connectivity index (χ0) is 21.2. The van der Waals surface area contributed by atoms with Crippen LogP contribution in [0.4, 0.5) is 0 Å². The first-order valence-corrected chi connectivity index (χ1v) is 9.55. The van der Waals surface area contributed by atoms with Gasteiger partial charge in [0.05, 0.1) is 12.2 Å². The van der Waals surface area contributed by atoms with E-state index in [0.29, 0.717) is 5.56 Å². The van der Waals surface area contributed by atoms with Gasteiger partial charge in [0.1, 0.15) is 11.4 Å². The SMILES string of the molecule is C=CC(=C)Sc1ccc(C=C(NC(=O)c2ccccc2O)C(=O)NCCO)cc1. The van der Waals surface area contributed by atoms with Gasteiger partial charge < -0.3 is 20.8 Å². The number of phenolic OH excluding ortho intramolecular Hbond substituents is 1. The number of para-hydroxylation sites is 1. The van der Waals surface area contributed by atoms with Crippen molar-refractivity contribution in [1.82, 2.24) is 10.6 Å². The van der Waals surface area contributed by atoms with E-state index >= 15 is 0 Å². The van der Waals surface area contributed by atoms with Gasteiger partial charge in [-0.25, -0.2) is 0 Å². The van der Waals surface area contributed by atoms with Crippen LogP contribution in [0.5, 0.6) is 5.75 Å². The Morgan fingerprint density at radius 3 is 2.41 bits per heavy atom. The second kappa shape index (κ2) is 10.9. The number of hydrogen-bond donors (Lipinski definition) is 4. The van der Waals surface area contributed by atoms with Crippen LogP contribution in [0, 0.1) is 0 Å². The lowest BCUT2D eigenvalue weighted by Gasteiger charge is -2.11. The number of amides is 2. The maximum absolute atomic E-state index is 12.5. The molecule has 2 amide bonds. The van der Waals surface area contributed by atoms with E-state index < -0.39 is 11.8 Å². The molecular weight excluding hydrogens is 388 g/mol. The highest BCUT2D eigenvalue weighted by Crippen LogP contribution is 2.26. The van der Waals surface area contributed by atoms with E-state index in [0.717, 1.165) is 9.80 Å². The fourth-order valence-electron chi connectivity index (χ4n) is 2.27. The fourth-order valence-corrected chi connectivity index (χ4v) is 2.93. The summed E-state index contributed by atoms with van der Waals surface area (Å²) in [6, 6.07) is 13.4. The first kappa shape index (κ1) is 22.0. The zero-order valence-electron chi connectivity index (χ0n) is 15.7. The number of rotatable bonds is 9. The van der Waals surface area contributed by atoms with Crippen molar-refractivity contribution < 1.29 is 19.8 Å². The summed E-state index contributed by atoms with van der Waals surface area (Å²) in [5, 5.41) is 23.8. The number of aliphatic hydroxyl groups is 1. The Morgan fingerprint density at radius 2 is 1.79 bits per heavy atom. The number of aromatic hydroxyl groups is 1. The molecule has 0 fully saturated rings. The number of aliphatic hydroxyl groups excluding tert-OH is 1. The summed E-state index contributed by atoms with van der Waals surface area (Å²) in [5.41, 5.74) is 0.718. The van der Waals surface area contributed by atoms with E-state index in [-0.39, 0.29) is 30.2 Å². The molecule has 0 radical (unpaired) electrons. The average Bonchev–Trinajstić information content (AvgIpc) is 2.72. The van der Waals surface area contributed by atoms with Gasteiger partial charge in [0.15, 0.2) is 0 Å². The Hall–Kier alpha value is -3.29. The molecule has 0 saturated carbocycles. The van der Waals surface area contributed by atoms with E-state index in [9.17, 15) is 14.7 Å². The molecule has 0 heterocycles. The molecule has 0 saturated heterocycles. The molecule has 0 aromatic heterocycles. The van der Waals surface area contributed by atoms with Crippen molar-refractivity contribution in [3.05, 3.63) is 89.5 Å². The van der Waals surface area contributed by atoms with Gasteiger partial charge in [-0.05, 0) is 35.9 Å². The monoisotopic (exact) mass is 410 g/mol.